The molecule has 0 saturated heterocycles. The molecule has 2 rings (SSSR count). The van der Waals surface area contributed by atoms with Gasteiger partial charge in [-0.15, -0.1) is 11.8 Å². The number of hydrogen-bond donors (Lipinski definition) is 1. The number of benzene rings is 2. The molecule has 0 spiro atoms. The molecule has 98 valence electrons. The summed E-state index contributed by atoms with van der Waals surface area (Å²) in [5.74, 6) is 1.64. The van der Waals surface area contributed by atoms with Gasteiger partial charge in [0, 0.05) is 10.6 Å². The molecule has 19 heavy (non-hydrogen) atoms. The molecule has 0 aromatic heterocycles. The highest BCUT2D eigenvalue weighted by Gasteiger charge is 2.04. The first-order valence-electron chi connectivity index (χ1n) is 5.97. The Bertz CT molecular complexity index is 543. The normalized spacial score (nSPS) is 10.1. The molecule has 4 heteroatoms. The number of ether oxygens (including phenoxy) is 1. The van der Waals surface area contributed by atoms with E-state index < -0.39 is 0 Å². The van der Waals surface area contributed by atoms with Crippen LogP contribution in [0.1, 0.15) is 5.56 Å². The first-order chi connectivity index (χ1) is 9.27. The first kappa shape index (κ1) is 13.9. The Morgan fingerprint density at radius 2 is 1.74 bits per heavy atom. The number of thioether (sulfide) groups is 1. The van der Waals surface area contributed by atoms with E-state index >= 15 is 0 Å². The third-order valence-electron chi connectivity index (χ3n) is 2.51. The molecule has 0 unspecified atom stereocenters. The smallest absolute Gasteiger partial charge is 0.129 e. The Morgan fingerprint density at radius 1 is 1.05 bits per heavy atom. The van der Waals surface area contributed by atoms with Crippen molar-refractivity contribution in [3.63, 3.8) is 0 Å². The summed E-state index contributed by atoms with van der Waals surface area (Å²) < 4.78 is 5.73. The van der Waals surface area contributed by atoms with Gasteiger partial charge in [-0.3, -0.25) is 0 Å². The molecule has 2 aromatic rings. The maximum absolute atomic E-state index is 5.73. The molecular weight excluding hydrogens is 274 g/mol. The molecule has 0 saturated carbocycles. The van der Waals surface area contributed by atoms with E-state index in [2.05, 4.69) is 12.1 Å². The molecule has 0 fully saturated rings. The molecule has 0 amide bonds. The van der Waals surface area contributed by atoms with E-state index in [4.69, 9.17) is 22.7 Å². The zero-order valence-electron chi connectivity index (χ0n) is 10.4. The highest BCUT2D eigenvalue weighted by Crippen LogP contribution is 2.20. The average molecular weight is 289 g/mol. The number of hydrogen-bond acceptors (Lipinski definition) is 3. The van der Waals surface area contributed by atoms with E-state index in [-0.39, 0.29) is 0 Å². The summed E-state index contributed by atoms with van der Waals surface area (Å²) in [5.41, 5.74) is 6.45. The first-order valence-corrected chi connectivity index (χ1v) is 7.36. The topological polar surface area (TPSA) is 35.2 Å². The zero-order chi connectivity index (χ0) is 13.5. The molecular formula is C15H15NOS2. The van der Waals surface area contributed by atoms with Gasteiger partial charge in [-0.05, 0) is 24.3 Å². The van der Waals surface area contributed by atoms with Crippen LogP contribution in [0.15, 0.2) is 59.5 Å². The molecule has 0 aliphatic carbocycles. The van der Waals surface area contributed by atoms with Crippen molar-refractivity contribution in [2.75, 3.05) is 12.4 Å². The Hall–Kier alpha value is -1.52. The Labute approximate surface area is 123 Å². The highest BCUT2D eigenvalue weighted by atomic mass is 32.2. The second kappa shape index (κ2) is 7.16. The van der Waals surface area contributed by atoms with Crippen molar-refractivity contribution >= 4 is 29.0 Å². The number of para-hydroxylation sites is 1. The van der Waals surface area contributed by atoms with Crippen LogP contribution in [0.2, 0.25) is 0 Å². The summed E-state index contributed by atoms with van der Waals surface area (Å²) in [6, 6.07) is 17.8. The number of rotatable bonds is 6. The van der Waals surface area contributed by atoms with Gasteiger partial charge in [-0.1, -0.05) is 42.5 Å². The van der Waals surface area contributed by atoms with Crippen LogP contribution in [0.3, 0.4) is 0 Å². The van der Waals surface area contributed by atoms with E-state index in [0.29, 0.717) is 11.6 Å². The van der Waals surface area contributed by atoms with Gasteiger partial charge in [0.15, 0.2) is 0 Å². The summed E-state index contributed by atoms with van der Waals surface area (Å²) >= 11 is 6.76. The maximum Gasteiger partial charge on any atom is 0.129 e. The standard InChI is InChI=1S/C15H15NOS2/c16-15(18)13-8-4-5-9-14(13)17-10-11-19-12-6-2-1-3-7-12/h1-9H,10-11H2,(H2,16,18). The van der Waals surface area contributed by atoms with Gasteiger partial charge in [0.05, 0.1) is 12.2 Å². The third kappa shape index (κ3) is 4.26. The molecule has 0 aliphatic rings. The molecule has 2 aromatic carbocycles. The second-order valence-corrected chi connectivity index (χ2v) is 5.48. The fraction of sp³-hybridized carbons (Fsp3) is 0.133. The van der Waals surface area contributed by atoms with Gasteiger partial charge in [-0.25, -0.2) is 0 Å². The van der Waals surface area contributed by atoms with Gasteiger partial charge >= 0.3 is 0 Å². The van der Waals surface area contributed by atoms with Gasteiger partial charge in [0.25, 0.3) is 0 Å². The summed E-state index contributed by atoms with van der Waals surface area (Å²) in [7, 11) is 0. The molecule has 0 aliphatic heterocycles. The molecule has 2 N–H and O–H groups in total. The quantitative estimate of drug-likeness (QED) is 0.501. The van der Waals surface area contributed by atoms with Crippen molar-refractivity contribution in [3.8, 4) is 5.75 Å². The minimum absolute atomic E-state index is 0.367. The lowest BCUT2D eigenvalue weighted by molar-refractivity contribution is 0.343. The van der Waals surface area contributed by atoms with Crippen LogP contribution in [0.4, 0.5) is 0 Å². The van der Waals surface area contributed by atoms with Crippen molar-refractivity contribution < 1.29 is 4.74 Å². The monoisotopic (exact) mass is 289 g/mol. The van der Waals surface area contributed by atoms with Crippen LogP contribution < -0.4 is 10.5 Å². The minimum Gasteiger partial charge on any atom is -0.492 e. The lowest BCUT2D eigenvalue weighted by Crippen LogP contribution is -2.12. The lowest BCUT2D eigenvalue weighted by Gasteiger charge is -2.10. The largest absolute Gasteiger partial charge is 0.492 e. The minimum atomic E-state index is 0.367. The van der Waals surface area contributed by atoms with Crippen molar-refractivity contribution in [1.82, 2.24) is 0 Å². The van der Waals surface area contributed by atoms with Crippen LogP contribution in [0, 0.1) is 0 Å². The fourth-order valence-electron chi connectivity index (χ4n) is 1.62. The molecule has 0 bridgehead atoms. The van der Waals surface area contributed by atoms with Crippen molar-refractivity contribution in [1.29, 1.82) is 0 Å². The number of thiocarbonyl (C=S) groups is 1. The van der Waals surface area contributed by atoms with E-state index in [9.17, 15) is 0 Å². The van der Waals surface area contributed by atoms with Crippen LogP contribution in [0.25, 0.3) is 0 Å². The predicted molar refractivity (Wildman–Crippen MR) is 85.0 cm³/mol. The second-order valence-electron chi connectivity index (χ2n) is 3.87. The summed E-state index contributed by atoms with van der Waals surface area (Å²) in [4.78, 5) is 1.61. The lowest BCUT2D eigenvalue weighted by atomic mass is 10.2. The maximum atomic E-state index is 5.73. The third-order valence-corrected chi connectivity index (χ3v) is 3.70. The van der Waals surface area contributed by atoms with E-state index in [1.807, 2.05) is 42.5 Å². The zero-order valence-corrected chi connectivity index (χ0v) is 12.0. The SMILES string of the molecule is NC(=S)c1ccccc1OCCSc1ccccc1. The van der Waals surface area contributed by atoms with Gasteiger partial charge < -0.3 is 10.5 Å². The molecule has 2 nitrogen and oxygen atoms in total. The van der Waals surface area contributed by atoms with E-state index in [0.717, 1.165) is 17.1 Å². The van der Waals surface area contributed by atoms with Crippen LogP contribution >= 0.6 is 24.0 Å². The van der Waals surface area contributed by atoms with Crippen molar-refractivity contribution in [2.45, 2.75) is 4.90 Å². The van der Waals surface area contributed by atoms with Gasteiger partial charge in [-0.2, -0.15) is 0 Å². The Morgan fingerprint density at radius 3 is 2.47 bits per heavy atom. The Balaban J connectivity index is 1.85. The van der Waals surface area contributed by atoms with E-state index in [1.54, 1.807) is 11.8 Å². The summed E-state index contributed by atoms with van der Waals surface area (Å²) in [6.07, 6.45) is 0. The molecule has 0 radical (unpaired) electrons. The average Bonchev–Trinajstić information content (AvgIpc) is 2.45. The van der Waals surface area contributed by atoms with Crippen molar-refractivity contribution in [2.24, 2.45) is 5.73 Å². The Kier molecular flexibility index (Phi) is 5.24. The fourth-order valence-corrected chi connectivity index (χ4v) is 2.54. The highest BCUT2D eigenvalue weighted by molar-refractivity contribution is 7.99. The van der Waals surface area contributed by atoms with Crippen LogP contribution in [-0.4, -0.2) is 17.3 Å². The predicted octanol–water partition coefficient (Wildman–Crippen LogP) is 3.49. The molecule has 0 heterocycles. The summed E-state index contributed by atoms with van der Waals surface area (Å²) in [6.45, 7) is 0.624. The number of nitrogens with two attached hydrogens (primary N) is 1. The van der Waals surface area contributed by atoms with Gasteiger partial charge in [0.1, 0.15) is 10.7 Å². The molecule has 0 atom stereocenters. The van der Waals surface area contributed by atoms with E-state index in [1.165, 1.54) is 4.90 Å². The van der Waals surface area contributed by atoms with Crippen LogP contribution in [0.5, 0.6) is 5.75 Å². The van der Waals surface area contributed by atoms with Crippen LogP contribution in [-0.2, 0) is 0 Å². The van der Waals surface area contributed by atoms with Gasteiger partial charge in [0.2, 0.25) is 0 Å². The van der Waals surface area contributed by atoms with Crippen molar-refractivity contribution in [3.05, 3.63) is 60.2 Å². The summed E-state index contributed by atoms with van der Waals surface area (Å²) in [5, 5.41) is 0.